The molecular weight excluding hydrogens is 292 g/mol. The van der Waals surface area contributed by atoms with Gasteiger partial charge in [0.05, 0.1) is 9.50 Å². The molecule has 1 aromatic rings. The normalized spacial score (nSPS) is 17.7. The van der Waals surface area contributed by atoms with Crippen LogP contribution < -0.4 is 5.32 Å². The van der Waals surface area contributed by atoms with E-state index in [0.717, 1.165) is 37.9 Å². The summed E-state index contributed by atoms with van der Waals surface area (Å²) in [7, 11) is 0. The molecule has 0 radical (unpaired) electrons. The molecule has 0 amide bonds. The summed E-state index contributed by atoms with van der Waals surface area (Å²) in [5.41, 5.74) is 1.02. The van der Waals surface area contributed by atoms with Crippen molar-refractivity contribution in [2.75, 3.05) is 13.1 Å². The lowest BCUT2D eigenvalue weighted by Gasteiger charge is -2.23. The monoisotopic (exact) mass is 305 g/mol. The number of rotatable bonds is 2. The molecule has 4 heteroatoms. The van der Waals surface area contributed by atoms with Gasteiger partial charge < -0.3 is 5.32 Å². The smallest absolute Gasteiger partial charge is 0.156 e. The lowest BCUT2D eigenvalue weighted by atomic mass is 9.91. The Hall–Kier alpha value is -0.120. The van der Waals surface area contributed by atoms with Gasteiger partial charge in [-0.25, -0.2) is 4.39 Å². The minimum atomic E-state index is -0.340. The first kappa shape index (κ1) is 12.3. The van der Waals surface area contributed by atoms with Crippen molar-refractivity contribution in [1.82, 2.24) is 5.32 Å². The number of piperidine rings is 1. The van der Waals surface area contributed by atoms with Crippen LogP contribution >= 0.6 is 27.5 Å². The summed E-state index contributed by atoms with van der Waals surface area (Å²) in [6, 6.07) is 3.55. The predicted octanol–water partition coefficient (Wildman–Crippen LogP) is 3.78. The van der Waals surface area contributed by atoms with Crippen LogP contribution in [-0.4, -0.2) is 13.1 Å². The largest absolute Gasteiger partial charge is 0.317 e. The zero-order valence-corrected chi connectivity index (χ0v) is 11.2. The predicted molar refractivity (Wildman–Crippen MR) is 68.4 cm³/mol. The SMILES string of the molecule is Fc1c(Cl)ccc(CC2CCNCC2)c1Br. The molecule has 2 rings (SSSR count). The van der Waals surface area contributed by atoms with Crippen molar-refractivity contribution in [3.05, 3.63) is 33.0 Å². The fourth-order valence-corrected chi connectivity index (χ4v) is 2.90. The van der Waals surface area contributed by atoms with Crippen molar-refractivity contribution in [1.29, 1.82) is 0 Å². The Morgan fingerprint density at radius 2 is 2.06 bits per heavy atom. The van der Waals surface area contributed by atoms with Gasteiger partial charge in [-0.15, -0.1) is 0 Å². The van der Waals surface area contributed by atoms with Crippen LogP contribution in [0, 0.1) is 11.7 Å². The Labute approximate surface area is 109 Å². The molecule has 0 atom stereocenters. The number of nitrogens with one attached hydrogen (secondary N) is 1. The summed E-state index contributed by atoms with van der Waals surface area (Å²) in [4.78, 5) is 0. The average Bonchev–Trinajstić information content (AvgIpc) is 2.31. The van der Waals surface area contributed by atoms with E-state index in [2.05, 4.69) is 21.2 Å². The van der Waals surface area contributed by atoms with Gasteiger partial charge in [0.25, 0.3) is 0 Å². The van der Waals surface area contributed by atoms with Crippen molar-refractivity contribution in [3.8, 4) is 0 Å². The fraction of sp³-hybridized carbons (Fsp3) is 0.500. The second kappa shape index (κ2) is 5.48. The highest BCUT2D eigenvalue weighted by Crippen LogP contribution is 2.29. The molecule has 0 saturated carbocycles. The maximum Gasteiger partial charge on any atom is 0.156 e. The molecule has 1 aromatic carbocycles. The quantitative estimate of drug-likeness (QED) is 0.820. The van der Waals surface area contributed by atoms with Gasteiger partial charge in [0.15, 0.2) is 5.82 Å². The first-order valence-corrected chi connectivity index (χ1v) is 6.68. The second-order valence-electron chi connectivity index (χ2n) is 4.23. The number of hydrogen-bond acceptors (Lipinski definition) is 1. The van der Waals surface area contributed by atoms with Gasteiger partial charge in [-0.3, -0.25) is 0 Å². The summed E-state index contributed by atoms with van der Waals surface area (Å²) in [6.07, 6.45) is 3.25. The van der Waals surface area contributed by atoms with E-state index in [0.29, 0.717) is 10.4 Å². The van der Waals surface area contributed by atoms with Crippen LogP contribution in [0.3, 0.4) is 0 Å². The third-order valence-corrected chi connectivity index (χ3v) is 4.23. The minimum absolute atomic E-state index is 0.181. The third kappa shape index (κ3) is 2.76. The highest BCUT2D eigenvalue weighted by atomic mass is 79.9. The van der Waals surface area contributed by atoms with E-state index < -0.39 is 0 Å². The topological polar surface area (TPSA) is 12.0 Å². The maximum atomic E-state index is 13.6. The zero-order valence-electron chi connectivity index (χ0n) is 8.90. The van der Waals surface area contributed by atoms with Crippen molar-refractivity contribution in [2.24, 2.45) is 5.92 Å². The van der Waals surface area contributed by atoms with Crippen LogP contribution in [0.25, 0.3) is 0 Å². The first-order chi connectivity index (χ1) is 7.68. The van der Waals surface area contributed by atoms with Crippen LogP contribution in [-0.2, 0) is 6.42 Å². The van der Waals surface area contributed by atoms with Gasteiger partial charge in [-0.05, 0) is 65.8 Å². The van der Waals surface area contributed by atoms with E-state index in [-0.39, 0.29) is 10.8 Å². The van der Waals surface area contributed by atoms with E-state index in [1.165, 1.54) is 0 Å². The highest BCUT2D eigenvalue weighted by Gasteiger charge is 2.17. The standard InChI is InChI=1S/C12H14BrClFN/c13-11-9(1-2-10(14)12(11)15)7-8-3-5-16-6-4-8/h1-2,8,16H,3-7H2. The number of benzene rings is 1. The van der Waals surface area contributed by atoms with Crippen molar-refractivity contribution in [3.63, 3.8) is 0 Å². The van der Waals surface area contributed by atoms with E-state index in [1.54, 1.807) is 6.07 Å². The molecule has 0 aliphatic carbocycles. The van der Waals surface area contributed by atoms with Crippen LogP contribution in [0.15, 0.2) is 16.6 Å². The lowest BCUT2D eigenvalue weighted by molar-refractivity contribution is 0.372. The van der Waals surface area contributed by atoms with Crippen LogP contribution in [0.2, 0.25) is 5.02 Å². The molecule has 16 heavy (non-hydrogen) atoms. The second-order valence-corrected chi connectivity index (χ2v) is 5.43. The van der Waals surface area contributed by atoms with Crippen LogP contribution in [0.5, 0.6) is 0 Å². The maximum absolute atomic E-state index is 13.6. The average molecular weight is 307 g/mol. The molecule has 1 N–H and O–H groups in total. The molecule has 0 unspecified atom stereocenters. The summed E-state index contributed by atoms with van der Waals surface area (Å²) in [5.74, 6) is 0.311. The van der Waals surface area contributed by atoms with Crippen LogP contribution in [0.1, 0.15) is 18.4 Å². The molecule has 1 aliphatic heterocycles. The zero-order chi connectivity index (χ0) is 11.5. The molecule has 0 spiro atoms. The Balaban J connectivity index is 2.11. The summed E-state index contributed by atoms with van der Waals surface area (Å²) in [5, 5.41) is 3.51. The van der Waals surface area contributed by atoms with Crippen molar-refractivity contribution < 1.29 is 4.39 Å². The fourth-order valence-electron chi connectivity index (χ4n) is 2.12. The molecule has 1 heterocycles. The molecule has 1 aliphatic rings. The molecule has 0 bridgehead atoms. The van der Waals surface area contributed by atoms with Crippen molar-refractivity contribution >= 4 is 27.5 Å². The Morgan fingerprint density at radius 3 is 2.75 bits per heavy atom. The van der Waals surface area contributed by atoms with Crippen molar-refractivity contribution in [2.45, 2.75) is 19.3 Å². The molecule has 1 nitrogen and oxygen atoms in total. The Bertz CT molecular complexity index is 378. The number of halogens is 3. The highest BCUT2D eigenvalue weighted by molar-refractivity contribution is 9.10. The summed E-state index contributed by atoms with van der Waals surface area (Å²) >= 11 is 9.00. The minimum Gasteiger partial charge on any atom is -0.317 e. The van der Waals surface area contributed by atoms with E-state index in [1.807, 2.05) is 6.07 Å². The molecule has 1 saturated heterocycles. The first-order valence-electron chi connectivity index (χ1n) is 5.51. The van der Waals surface area contributed by atoms with Gasteiger partial charge in [0.2, 0.25) is 0 Å². The van der Waals surface area contributed by atoms with E-state index in [4.69, 9.17) is 11.6 Å². The summed E-state index contributed by atoms with van der Waals surface area (Å²) in [6.45, 7) is 2.14. The van der Waals surface area contributed by atoms with E-state index in [9.17, 15) is 4.39 Å². The summed E-state index contributed by atoms with van der Waals surface area (Å²) < 4.78 is 14.1. The van der Waals surface area contributed by atoms with E-state index >= 15 is 0 Å². The lowest BCUT2D eigenvalue weighted by Crippen LogP contribution is -2.28. The van der Waals surface area contributed by atoms with Gasteiger partial charge in [0.1, 0.15) is 0 Å². The Kier molecular flexibility index (Phi) is 4.22. The third-order valence-electron chi connectivity index (χ3n) is 3.08. The molecule has 0 aromatic heterocycles. The van der Waals surface area contributed by atoms with Gasteiger partial charge >= 0.3 is 0 Å². The Morgan fingerprint density at radius 1 is 1.38 bits per heavy atom. The van der Waals surface area contributed by atoms with Gasteiger partial charge in [-0.1, -0.05) is 17.7 Å². The molecule has 88 valence electrons. The number of hydrogen-bond donors (Lipinski definition) is 1. The molecular formula is C12H14BrClFN. The van der Waals surface area contributed by atoms with Gasteiger partial charge in [-0.2, -0.15) is 0 Å². The molecule has 1 fully saturated rings. The van der Waals surface area contributed by atoms with Crippen LogP contribution in [0.4, 0.5) is 4.39 Å². The van der Waals surface area contributed by atoms with Gasteiger partial charge in [0, 0.05) is 0 Å².